The highest BCUT2D eigenvalue weighted by Gasteiger charge is 2.34. The molecule has 17 heavy (non-hydrogen) atoms. The zero-order valence-electron chi connectivity index (χ0n) is 10.3. The van der Waals surface area contributed by atoms with E-state index in [9.17, 15) is 0 Å². The Hall–Kier alpha value is -0.320. The largest absolute Gasteiger partial charge is 0.376 e. The molecule has 0 amide bonds. The van der Waals surface area contributed by atoms with E-state index in [0.29, 0.717) is 10.0 Å². The van der Waals surface area contributed by atoms with Gasteiger partial charge in [-0.05, 0) is 37.1 Å². The predicted octanol–water partition coefficient (Wildman–Crippen LogP) is 3.31. The van der Waals surface area contributed by atoms with E-state index in [2.05, 4.69) is 5.43 Å². The molecule has 0 radical (unpaired) electrons. The third kappa shape index (κ3) is 3.12. The van der Waals surface area contributed by atoms with Crippen LogP contribution in [0.15, 0.2) is 18.2 Å². The maximum atomic E-state index is 6.18. The number of nitrogens with two attached hydrogens (primary N) is 1. The minimum Gasteiger partial charge on any atom is -0.376 e. The molecule has 0 aliphatic rings. The van der Waals surface area contributed by atoms with Crippen LogP contribution in [-0.4, -0.2) is 12.7 Å². The summed E-state index contributed by atoms with van der Waals surface area (Å²) in [5.74, 6) is 5.63. The minimum atomic E-state index is -0.441. The molecule has 5 heteroatoms. The normalized spacial score (nSPS) is 16.6. The lowest BCUT2D eigenvalue weighted by Gasteiger charge is -2.36. The molecule has 96 valence electrons. The Labute approximate surface area is 112 Å². The molecule has 0 fully saturated rings. The van der Waals surface area contributed by atoms with E-state index in [-0.39, 0.29) is 6.04 Å². The van der Waals surface area contributed by atoms with Crippen LogP contribution in [0.4, 0.5) is 0 Å². The smallest absolute Gasteiger partial charge is 0.0855 e. The maximum absolute atomic E-state index is 6.18. The van der Waals surface area contributed by atoms with Gasteiger partial charge in [0.05, 0.1) is 11.6 Å². The number of halogens is 2. The van der Waals surface area contributed by atoms with Crippen molar-refractivity contribution in [1.29, 1.82) is 0 Å². The average molecular weight is 277 g/mol. The zero-order valence-corrected chi connectivity index (χ0v) is 11.8. The second-order valence-electron chi connectivity index (χ2n) is 4.14. The Morgan fingerprint density at radius 3 is 2.59 bits per heavy atom. The van der Waals surface area contributed by atoms with E-state index in [1.165, 1.54) is 0 Å². The van der Waals surface area contributed by atoms with Crippen LogP contribution < -0.4 is 11.3 Å². The molecule has 1 aromatic carbocycles. The second-order valence-corrected chi connectivity index (χ2v) is 4.98. The predicted molar refractivity (Wildman–Crippen MR) is 72.2 cm³/mol. The van der Waals surface area contributed by atoms with Crippen LogP contribution in [0.1, 0.15) is 31.9 Å². The van der Waals surface area contributed by atoms with Gasteiger partial charge in [0, 0.05) is 17.2 Å². The lowest BCUT2D eigenvalue weighted by atomic mass is 9.88. The number of ether oxygens (including phenoxy) is 1. The van der Waals surface area contributed by atoms with E-state index >= 15 is 0 Å². The van der Waals surface area contributed by atoms with Crippen molar-refractivity contribution in [3.05, 3.63) is 33.8 Å². The van der Waals surface area contributed by atoms with Crippen molar-refractivity contribution in [2.75, 3.05) is 7.11 Å². The molecule has 2 unspecified atom stereocenters. The maximum Gasteiger partial charge on any atom is 0.0855 e. The van der Waals surface area contributed by atoms with Gasteiger partial charge in [0.15, 0.2) is 0 Å². The van der Waals surface area contributed by atoms with Crippen LogP contribution in [0.25, 0.3) is 0 Å². The fourth-order valence-electron chi connectivity index (χ4n) is 1.80. The summed E-state index contributed by atoms with van der Waals surface area (Å²) in [6.45, 7) is 4.01. The number of rotatable bonds is 5. The van der Waals surface area contributed by atoms with Gasteiger partial charge in [-0.15, -0.1) is 0 Å². The van der Waals surface area contributed by atoms with Crippen LogP contribution in [-0.2, 0) is 4.74 Å². The molecule has 0 heterocycles. The Kier molecular flexibility index (Phi) is 5.22. The first-order chi connectivity index (χ1) is 7.98. The molecular formula is C12H18Cl2N2O. The minimum absolute atomic E-state index is 0.219. The molecule has 0 aliphatic carbocycles. The summed E-state index contributed by atoms with van der Waals surface area (Å²) < 4.78 is 5.55. The Morgan fingerprint density at radius 2 is 2.12 bits per heavy atom. The SMILES string of the molecule is CCC(C)(OC)C(NN)c1cc(Cl)ccc1Cl. The molecule has 1 aromatic rings. The summed E-state index contributed by atoms with van der Waals surface area (Å²) in [6.07, 6.45) is 0.793. The number of methoxy groups -OCH3 is 1. The van der Waals surface area contributed by atoms with Crippen molar-refractivity contribution in [3.8, 4) is 0 Å². The molecule has 0 saturated carbocycles. The quantitative estimate of drug-likeness (QED) is 0.641. The third-order valence-electron chi connectivity index (χ3n) is 3.21. The summed E-state index contributed by atoms with van der Waals surface area (Å²) in [4.78, 5) is 0. The molecule has 2 atom stereocenters. The van der Waals surface area contributed by atoms with Gasteiger partial charge < -0.3 is 4.74 Å². The molecule has 0 bridgehead atoms. The number of nitrogens with one attached hydrogen (secondary N) is 1. The summed E-state index contributed by atoms with van der Waals surface area (Å²) in [5.41, 5.74) is 3.16. The number of hydrogen-bond acceptors (Lipinski definition) is 3. The molecule has 3 nitrogen and oxygen atoms in total. The highest BCUT2D eigenvalue weighted by atomic mass is 35.5. The Balaban J connectivity index is 3.21. The Morgan fingerprint density at radius 1 is 1.47 bits per heavy atom. The van der Waals surface area contributed by atoms with Gasteiger partial charge >= 0.3 is 0 Å². The average Bonchev–Trinajstić information content (AvgIpc) is 2.34. The van der Waals surface area contributed by atoms with Gasteiger partial charge in [-0.3, -0.25) is 11.3 Å². The molecule has 1 rings (SSSR count). The van der Waals surface area contributed by atoms with E-state index in [1.807, 2.05) is 13.8 Å². The summed E-state index contributed by atoms with van der Waals surface area (Å²) in [5, 5.41) is 1.24. The highest BCUT2D eigenvalue weighted by molar-refractivity contribution is 6.33. The summed E-state index contributed by atoms with van der Waals surface area (Å²) in [7, 11) is 1.66. The van der Waals surface area contributed by atoms with Crippen molar-refractivity contribution in [2.45, 2.75) is 31.9 Å². The molecule has 0 aromatic heterocycles. The van der Waals surface area contributed by atoms with Crippen LogP contribution in [0, 0.1) is 0 Å². The van der Waals surface area contributed by atoms with Crippen molar-refractivity contribution < 1.29 is 4.74 Å². The summed E-state index contributed by atoms with van der Waals surface area (Å²) >= 11 is 12.2. The van der Waals surface area contributed by atoms with Gasteiger partial charge in [0.1, 0.15) is 0 Å². The zero-order chi connectivity index (χ0) is 13.1. The highest BCUT2D eigenvalue weighted by Crippen LogP contribution is 2.35. The first kappa shape index (κ1) is 14.7. The monoisotopic (exact) mass is 276 g/mol. The van der Waals surface area contributed by atoms with Gasteiger partial charge in [-0.1, -0.05) is 30.1 Å². The van der Waals surface area contributed by atoms with Crippen molar-refractivity contribution in [1.82, 2.24) is 5.43 Å². The standard InChI is InChI=1S/C12H18Cl2N2O/c1-4-12(2,17-3)11(16-15)9-7-8(13)5-6-10(9)14/h5-7,11,16H,4,15H2,1-3H3. The molecule has 0 saturated heterocycles. The molecular weight excluding hydrogens is 259 g/mol. The summed E-state index contributed by atoms with van der Waals surface area (Å²) in [6, 6.07) is 5.09. The molecule has 0 spiro atoms. The lowest BCUT2D eigenvalue weighted by molar-refractivity contribution is -0.0300. The van der Waals surface area contributed by atoms with Crippen molar-refractivity contribution in [3.63, 3.8) is 0 Å². The molecule has 0 aliphatic heterocycles. The van der Waals surface area contributed by atoms with E-state index in [1.54, 1.807) is 25.3 Å². The van der Waals surface area contributed by atoms with Crippen molar-refractivity contribution >= 4 is 23.2 Å². The van der Waals surface area contributed by atoms with Crippen LogP contribution in [0.3, 0.4) is 0 Å². The fraction of sp³-hybridized carbons (Fsp3) is 0.500. The number of benzene rings is 1. The van der Waals surface area contributed by atoms with Crippen LogP contribution >= 0.6 is 23.2 Å². The first-order valence-electron chi connectivity index (χ1n) is 5.44. The Bertz CT molecular complexity index is 381. The number of hydrogen-bond donors (Lipinski definition) is 2. The van der Waals surface area contributed by atoms with E-state index in [4.69, 9.17) is 33.8 Å². The van der Waals surface area contributed by atoms with Gasteiger partial charge in [0.2, 0.25) is 0 Å². The number of hydrazine groups is 1. The van der Waals surface area contributed by atoms with Gasteiger partial charge in [0.25, 0.3) is 0 Å². The third-order valence-corrected chi connectivity index (χ3v) is 3.79. The first-order valence-corrected chi connectivity index (χ1v) is 6.20. The van der Waals surface area contributed by atoms with Gasteiger partial charge in [-0.2, -0.15) is 0 Å². The topological polar surface area (TPSA) is 47.3 Å². The van der Waals surface area contributed by atoms with Gasteiger partial charge in [-0.25, -0.2) is 0 Å². The second kappa shape index (κ2) is 6.03. The van der Waals surface area contributed by atoms with E-state index < -0.39 is 5.60 Å². The lowest BCUT2D eigenvalue weighted by Crippen LogP contribution is -2.45. The van der Waals surface area contributed by atoms with Crippen LogP contribution in [0.2, 0.25) is 10.0 Å². The fourth-order valence-corrected chi connectivity index (χ4v) is 2.20. The van der Waals surface area contributed by atoms with E-state index in [0.717, 1.165) is 12.0 Å². The molecule has 3 N–H and O–H groups in total. The van der Waals surface area contributed by atoms with Crippen molar-refractivity contribution in [2.24, 2.45) is 5.84 Å². The van der Waals surface area contributed by atoms with Crippen LogP contribution in [0.5, 0.6) is 0 Å².